The number of thiophene rings is 1. The van der Waals surface area contributed by atoms with Gasteiger partial charge in [0.25, 0.3) is 0 Å². The molecular weight excluding hydrogens is 699 g/mol. The van der Waals surface area contributed by atoms with E-state index >= 15 is 0 Å². The lowest BCUT2D eigenvalue weighted by Gasteiger charge is -2.33. The molecule has 0 saturated heterocycles. The second-order valence-electron chi connectivity index (χ2n) is 14.2. The van der Waals surface area contributed by atoms with E-state index in [2.05, 4.69) is 212 Å². The summed E-state index contributed by atoms with van der Waals surface area (Å²) in [6.07, 6.45) is -0.280. The van der Waals surface area contributed by atoms with Crippen molar-refractivity contribution in [2.45, 2.75) is 6.17 Å². The van der Waals surface area contributed by atoms with Crippen molar-refractivity contribution in [2.24, 2.45) is 9.98 Å². The number of amidine groups is 2. The lowest BCUT2D eigenvalue weighted by atomic mass is 9.96. The summed E-state index contributed by atoms with van der Waals surface area (Å²) in [7, 11) is 2.11. The molecule has 1 aromatic heterocycles. The summed E-state index contributed by atoms with van der Waals surface area (Å²) in [4.78, 5) is 13.1. The van der Waals surface area contributed by atoms with Crippen LogP contribution in [0.5, 0.6) is 0 Å². The minimum Gasteiger partial charge on any atom is -0.333 e. The summed E-state index contributed by atoms with van der Waals surface area (Å²) in [5, 5.41) is 2.41. The van der Waals surface area contributed by atoms with Crippen molar-refractivity contribution in [3.05, 3.63) is 217 Å². The molecule has 9 aromatic rings. The third kappa shape index (κ3) is 6.20. The molecule has 0 saturated carbocycles. The fourth-order valence-corrected chi connectivity index (χ4v) is 9.04. The smallest absolute Gasteiger partial charge is 0.160 e. The Morgan fingerprint density at radius 2 is 0.929 bits per heavy atom. The van der Waals surface area contributed by atoms with Crippen molar-refractivity contribution < 1.29 is 0 Å². The molecule has 1 aliphatic heterocycles. The minimum atomic E-state index is -0.280. The van der Waals surface area contributed by atoms with Gasteiger partial charge < -0.3 is 4.90 Å². The summed E-state index contributed by atoms with van der Waals surface area (Å²) >= 11 is 1.82. The number of benzene rings is 8. The van der Waals surface area contributed by atoms with E-state index in [0.717, 1.165) is 28.4 Å². The van der Waals surface area contributed by atoms with Gasteiger partial charge in [-0.25, -0.2) is 9.98 Å². The Labute approximate surface area is 331 Å². The maximum absolute atomic E-state index is 5.50. The Morgan fingerprint density at radius 1 is 0.429 bits per heavy atom. The normalized spacial score (nSPS) is 14.2. The van der Waals surface area contributed by atoms with E-state index in [1.54, 1.807) is 0 Å². The minimum absolute atomic E-state index is 0.280. The van der Waals surface area contributed by atoms with Crippen LogP contribution in [0.2, 0.25) is 0 Å². The molecule has 10 rings (SSSR count). The van der Waals surface area contributed by atoms with Crippen molar-refractivity contribution in [3.8, 4) is 44.5 Å². The van der Waals surface area contributed by atoms with Gasteiger partial charge in [0, 0.05) is 43.9 Å². The second-order valence-corrected chi connectivity index (χ2v) is 15.3. The molecule has 0 bridgehead atoms. The maximum atomic E-state index is 5.50. The number of hydrogen-bond acceptors (Lipinski definition) is 4. The fourth-order valence-electron chi connectivity index (χ4n) is 7.93. The van der Waals surface area contributed by atoms with E-state index in [-0.39, 0.29) is 6.17 Å². The van der Waals surface area contributed by atoms with Crippen molar-refractivity contribution in [1.82, 2.24) is 4.90 Å². The lowest BCUT2D eigenvalue weighted by Crippen LogP contribution is -2.36. The van der Waals surface area contributed by atoms with Crippen LogP contribution in [0.4, 0.5) is 0 Å². The monoisotopic (exact) mass is 735 g/mol. The molecule has 1 atom stereocenters. The summed E-state index contributed by atoms with van der Waals surface area (Å²) in [5.74, 6) is 1.64. The van der Waals surface area contributed by atoms with Crippen LogP contribution in [0.1, 0.15) is 22.9 Å². The van der Waals surface area contributed by atoms with Crippen molar-refractivity contribution in [3.63, 3.8) is 0 Å². The van der Waals surface area contributed by atoms with E-state index in [9.17, 15) is 0 Å². The summed E-state index contributed by atoms with van der Waals surface area (Å²) in [6, 6.07) is 71.4. The third-order valence-corrected chi connectivity index (χ3v) is 11.9. The van der Waals surface area contributed by atoms with Gasteiger partial charge in [-0.1, -0.05) is 182 Å². The molecule has 0 aliphatic carbocycles. The summed E-state index contributed by atoms with van der Waals surface area (Å²) in [5.41, 5.74) is 12.8. The Bertz CT molecular complexity index is 2890. The van der Waals surface area contributed by atoms with Gasteiger partial charge in [-0.2, -0.15) is 0 Å². The predicted octanol–water partition coefficient (Wildman–Crippen LogP) is 13.6. The highest BCUT2D eigenvalue weighted by molar-refractivity contribution is 7.25. The quantitative estimate of drug-likeness (QED) is 0.160. The molecule has 266 valence electrons. The van der Waals surface area contributed by atoms with Gasteiger partial charge in [0.2, 0.25) is 0 Å². The van der Waals surface area contributed by atoms with Crippen molar-refractivity contribution in [1.29, 1.82) is 0 Å². The molecule has 4 heteroatoms. The predicted molar refractivity (Wildman–Crippen MR) is 238 cm³/mol. The van der Waals surface area contributed by atoms with Crippen LogP contribution >= 0.6 is 11.3 Å². The standard InChI is InChI=1S/C52H37N3S/c1-55-51(41-18-9-4-10-19-41)53-50(54-52(55)44-21-12-11-20-43(44)40-16-7-3-8-17-40)45-22-13-23-48-49(45)46-34-42(32-33-47(46)56-48)39-30-28-38(29-31-39)37-26-24-36(25-27-37)35-14-5-2-6-15-35/h2-34,52H,1H3. The summed E-state index contributed by atoms with van der Waals surface area (Å²) < 4.78 is 2.47. The van der Waals surface area contributed by atoms with E-state index in [4.69, 9.17) is 9.98 Å². The SMILES string of the molecule is CN1C(c2ccccc2)=NC(c2cccc3sc4ccc(-c5ccc(-c6ccc(-c7ccccc7)cc6)cc5)cc4c23)=NC1c1ccccc1-c1ccccc1. The topological polar surface area (TPSA) is 28.0 Å². The number of nitrogens with zero attached hydrogens (tertiary/aromatic N) is 3. The lowest BCUT2D eigenvalue weighted by molar-refractivity contribution is 0.383. The zero-order valence-corrected chi connectivity index (χ0v) is 31.7. The van der Waals surface area contributed by atoms with Crippen LogP contribution in [0, 0.1) is 0 Å². The Morgan fingerprint density at radius 3 is 1.57 bits per heavy atom. The average molecular weight is 736 g/mol. The Kier molecular flexibility index (Phi) is 8.66. The first-order valence-electron chi connectivity index (χ1n) is 19.0. The molecule has 2 heterocycles. The Hall–Kier alpha value is -6.88. The highest BCUT2D eigenvalue weighted by Gasteiger charge is 2.29. The van der Waals surface area contributed by atoms with Crippen LogP contribution in [0.15, 0.2) is 210 Å². The third-order valence-electron chi connectivity index (χ3n) is 10.8. The first-order chi connectivity index (χ1) is 27.7. The van der Waals surface area contributed by atoms with Gasteiger partial charge in [-0.05, 0) is 62.7 Å². The van der Waals surface area contributed by atoms with Gasteiger partial charge in [-0.3, -0.25) is 0 Å². The first-order valence-corrected chi connectivity index (χ1v) is 19.8. The van der Waals surface area contributed by atoms with Crippen LogP contribution in [0.25, 0.3) is 64.7 Å². The molecule has 0 amide bonds. The molecule has 0 spiro atoms. The number of aliphatic imine (C=N–C) groups is 2. The molecule has 0 radical (unpaired) electrons. The molecule has 3 nitrogen and oxygen atoms in total. The first kappa shape index (κ1) is 33.7. The van der Waals surface area contributed by atoms with Gasteiger partial charge in [0.1, 0.15) is 5.84 Å². The molecule has 1 aliphatic rings. The van der Waals surface area contributed by atoms with Gasteiger partial charge >= 0.3 is 0 Å². The van der Waals surface area contributed by atoms with Crippen molar-refractivity contribution >= 4 is 43.2 Å². The van der Waals surface area contributed by atoms with Crippen molar-refractivity contribution in [2.75, 3.05) is 7.05 Å². The van der Waals surface area contributed by atoms with Crippen LogP contribution < -0.4 is 0 Å². The zero-order chi connectivity index (χ0) is 37.4. The van der Waals surface area contributed by atoms with Gasteiger partial charge in [0.05, 0.1) is 0 Å². The van der Waals surface area contributed by atoms with E-state index in [1.165, 1.54) is 64.7 Å². The van der Waals surface area contributed by atoms with Gasteiger partial charge in [0.15, 0.2) is 12.0 Å². The Balaban J connectivity index is 1.06. The molecule has 1 unspecified atom stereocenters. The molecule has 0 fully saturated rings. The van der Waals surface area contributed by atoms with Gasteiger partial charge in [-0.15, -0.1) is 11.3 Å². The number of rotatable bonds is 7. The number of hydrogen-bond donors (Lipinski definition) is 0. The average Bonchev–Trinajstić information content (AvgIpc) is 3.66. The van der Waals surface area contributed by atoms with Crippen LogP contribution in [-0.2, 0) is 0 Å². The summed E-state index contributed by atoms with van der Waals surface area (Å²) in [6.45, 7) is 0. The largest absolute Gasteiger partial charge is 0.333 e. The van der Waals surface area contributed by atoms with Crippen LogP contribution in [-0.4, -0.2) is 23.6 Å². The fraction of sp³-hybridized carbons (Fsp3) is 0.0385. The molecular formula is C52H37N3S. The zero-order valence-electron chi connectivity index (χ0n) is 30.9. The van der Waals surface area contributed by atoms with E-state index in [1.807, 2.05) is 11.3 Å². The highest BCUT2D eigenvalue weighted by atomic mass is 32.1. The molecule has 56 heavy (non-hydrogen) atoms. The molecule has 0 N–H and O–H groups in total. The van der Waals surface area contributed by atoms with E-state index < -0.39 is 0 Å². The highest BCUT2D eigenvalue weighted by Crippen LogP contribution is 2.41. The number of fused-ring (bicyclic) bond motifs is 3. The molecule has 8 aromatic carbocycles. The van der Waals surface area contributed by atoms with E-state index in [0.29, 0.717) is 0 Å². The maximum Gasteiger partial charge on any atom is 0.160 e. The second kappa shape index (κ2) is 14.4. The van der Waals surface area contributed by atoms with Crippen LogP contribution in [0.3, 0.4) is 0 Å².